The Kier molecular flexibility index (Phi) is 6.09. The van der Waals surface area contributed by atoms with Gasteiger partial charge in [-0.3, -0.25) is 4.39 Å². The first-order valence-electron chi connectivity index (χ1n) is 4.22. The maximum atomic E-state index is 12.0. The van der Waals surface area contributed by atoms with E-state index in [1.54, 1.807) is 6.07 Å². The molecular formula is C10H14Cl2FN. The van der Waals surface area contributed by atoms with Gasteiger partial charge in [-0.25, -0.2) is 0 Å². The topological polar surface area (TPSA) is 26.0 Å². The Morgan fingerprint density at radius 2 is 2.14 bits per heavy atom. The van der Waals surface area contributed by atoms with Crippen LogP contribution in [0.5, 0.6) is 0 Å². The summed E-state index contributed by atoms with van der Waals surface area (Å²) in [5.74, 6) is 0. The average molecular weight is 238 g/mol. The number of halogens is 3. The molecule has 0 amide bonds. The van der Waals surface area contributed by atoms with Crippen molar-refractivity contribution in [3.63, 3.8) is 0 Å². The fraction of sp³-hybridized carbons (Fsp3) is 0.400. The molecule has 80 valence electrons. The molecule has 4 heteroatoms. The van der Waals surface area contributed by atoms with E-state index in [1.165, 1.54) is 0 Å². The van der Waals surface area contributed by atoms with Gasteiger partial charge in [0.1, 0.15) is 0 Å². The number of aryl methyl sites for hydroxylation is 1. The standard InChI is InChI=1S/C10H13ClFN.ClH/c1-7-2-3-8(6-9(7)11)10(13)4-5-12;/h2-3,6,10H,4-5,13H2,1H3;1H/t10-;/m1./s1. The lowest BCUT2D eigenvalue weighted by Crippen LogP contribution is -2.10. The van der Waals surface area contributed by atoms with Gasteiger partial charge in [0.25, 0.3) is 0 Å². The zero-order valence-electron chi connectivity index (χ0n) is 7.97. The summed E-state index contributed by atoms with van der Waals surface area (Å²) in [5.41, 5.74) is 7.63. The largest absolute Gasteiger partial charge is 0.324 e. The van der Waals surface area contributed by atoms with Gasteiger partial charge in [-0.1, -0.05) is 23.7 Å². The monoisotopic (exact) mass is 237 g/mol. The van der Waals surface area contributed by atoms with Crippen molar-refractivity contribution in [2.45, 2.75) is 19.4 Å². The number of nitrogens with two attached hydrogens (primary N) is 1. The average Bonchev–Trinajstić information content (AvgIpc) is 2.10. The molecular weight excluding hydrogens is 224 g/mol. The summed E-state index contributed by atoms with van der Waals surface area (Å²) in [6.45, 7) is 1.53. The number of hydrogen-bond donors (Lipinski definition) is 1. The number of hydrogen-bond acceptors (Lipinski definition) is 1. The lowest BCUT2D eigenvalue weighted by Gasteiger charge is -2.10. The Bertz CT molecular complexity index is 291. The molecule has 2 N–H and O–H groups in total. The van der Waals surface area contributed by atoms with Gasteiger partial charge < -0.3 is 5.73 Å². The molecule has 0 aliphatic rings. The first kappa shape index (κ1) is 13.7. The van der Waals surface area contributed by atoms with Crippen molar-refractivity contribution in [1.29, 1.82) is 0 Å². The molecule has 1 rings (SSSR count). The Balaban J connectivity index is 0.00000169. The summed E-state index contributed by atoms with van der Waals surface area (Å²) in [6, 6.07) is 5.34. The first-order valence-corrected chi connectivity index (χ1v) is 4.60. The first-order chi connectivity index (χ1) is 6.15. The number of benzene rings is 1. The predicted molar refractivity (Wildman–Crippen MR) is 61.0 cm³/mol. The highest BCUT2D eigenvalue weighted by atomic mass is 35.5. The zero-order valence-corrected chi connectivity index (χ0v) is 9.54. The van der Waals surface area contributed by atoms with Crippen molar-refractivity contribution in [3.05, 3.63) is 34.3 Å². The van der Waals surface area contributed by atoms with Gasteiger partial charge in [0.15, 0.2) is 0 Å². The minimum Gasteiger partial charge on any atom is -0.324 e. The summed E-state index contributed by atoms with van der Waals surface area (Å²) in [6.07, 6.45) is 0.347. The van der Waals surface area contributed by atoms with Crippen molar-refractivity contribution in [3.8, 4) is 0 Å². The molecule has 0 saturated carbocycles. The normalized spacial score (nSPS) is 12.0. The maximum absolute atomic E-state index is 12.0. The molecule has 0 aliphatic heterocycles. The fourth-order valence-corrected chi connectivity index (χ4v) is 1.31. The summed E-state index contributed by atoms with van der Waals surface area (Å²) in [7, 11) is 0. The van der Waals surface area contributed by atoms with E-state index in [0.717, 1.165) is 11.1 Å². The molecule has 1 atom stereocenters. The van der Waals surface area contributed by atoms with E-state index in [4.69, 9.17) is 17.3 Å². The van der Waals surface area contributed by atoms with Crippen molar-refractivity contribution >= 4 is 24.0 Å². The van der Waals surface area contributed by atoms with Crippen LogP contribution in [-0.4, -0.2) is 6.67 Å². The summed E-state index contributed by atoms with van der Waals surface area (Å²) < 4.78 is 12.0. The van der Waals surface area contributed by atoms with Crippen LogP contribution in [0.15, 0.2) is 18.2 Å². The van der Waals surface area contributed by atoms with E-state index in [2.05, 4.69) is 0 Å². The van der Waals surface area contributed by atoms with E-state index in [0.29, 0.717) is 11.4 Å². The Labute approximate surface area is 94.9 Å². The van der Waals surface area contributed by atoms with Crippen molar-refractivity contribution < 1.29 is 4.39 Å². The highest BCUT2D eigenvalue weighted by Crippen LogP contribution is 2.21. The lowest BCUT2D eigenvalue weighted by molar-refractivity contribution is 0.442. The van der Waals surface area contributed by atoms with E-state index < -0.39 is 6.67 Å². The summed E-state index contributed by atoms with van der Waals surface area (Å²) >= 11 is 5.91. The van der Waals surface area contributed by atoms with Crippen LogP contribution in [0, 0.1) is 6.92 Å². The van der Waals surface area contributed by atoms with Gasteiger partial charge in [-0.2, -0.15) is 0 Å². The van der Waals surface area contributed by atoms with Crippen LogP contribution in [-0.2, 0) is 0 Å². The van der Waals surface area contributed by atoms with E-state index in [9.17, 15) is 4.39 Å². The highest BCUT2D eigenvalue weighted by molar-refractivity contribution is 6.31. The van der Waals surface area contributed by atoms with Crippen LogP contribution < -0.4 is 5.73 Å². The molecule has 0 spiro atoms. The van der Waals surface area contributed by atoms with Crippen LogP contribution in [0.2, 0.25) is 5.02 Å². The van der Waals surface area contributed by atoms with E-state index in [1.807, 2.05) is 19.1 Å². The molecule has 1 aromatic carbocycles. The Hall–Kier alpha value is -0.310. The molecule has 1 nitrogen and oxygen atoms in total. The second kappa shape index (κ2) is 6.23. The van der Waals surface area contributed by atoms with Gasteiger partial charge in [-0.15, -0.1) is 12.4 Å². The van der Waals surface area contributed by atoms with Crippen molar-refractivity contribution in [2.75, 3.05) is 6.67 Å². The molecule has 0 aliphatic carbocycles. The van der Waals surface area contributed by atoms with Crippen LogP contribution in [0.4, 0.5) is 4.39 Å². The van der Waals surface area contributed by atoms with Crippen LogP contribution in [0.1, 0.15) is 23.6 Å². The lowest BCUT2D eigenvalue weighted by atomic mass is 10.0. The molecule has 0 aromatic heterocycles. The summed E-state index contributed by atoms with van der Waals surface area (Å²) in [4.78, 5) is 0. The molecule has 0 bridgehead atoms. The predicted octanol–water partition coefficient (Wildman–Crippen LogP) is 3.43. The quantitative estimate of drug-likeness (QED) is 0.857. The Morgan fingerprint density at radius 1 is 1.50 bits per heavy atom. The molecule has 0 saturated heterocycles. The van der Waals surface area contributed by atoms with E-state index in [-0.39, 0.29) is 18.4 Å². The van der Waals surface area contributed by atoms with Gasteiger partial charge in [-0.05, 0) is 30.5 Å². The highest BCUT2D eigenvalue weighted by Gasteiger charge is 2.06. The molecule has 14 heavy (non-hydrogen) atoms. The van der Waals surface area contributed by atoms with Gasteiger partial charge in [0.2, 0.25) is 0 Å². The van der Waals surface area contributed by atoms with E-state index >= 15 is 0 Å². The fourth-order valence-electron chi connectivity index (χ4n) is 1.12. The second-order valence-corrected chi connectivity index (χ2v) is 3.50. The number of rotatable bonds is 3. The van der Waals surface area contributed by atoms with Crippen LogP contribution >= 0.6 is 24.0 Å². The van der Waals surface area contributed by atoms with Crippen molar-refractivity contribution in [1.82, 2.24) is 0 Å². The summed E-state index contributed by atoms with van der Waals surface area (Å²) in [5, 5.41) is 0.687. The molecule has 0 fully saturated rings. The SMILES string of the molecule is Cc1ccc([C@H](N)CCF)cc1Cl.Cl. The maximum Gasteiger partial charge on any atom is 0.0912 e. The third-order valence-corrected chi connectivity index (χ3v) is 2.45. The molecule has 1 aromatic rings. The van der Waals surface area contributed by atoms with Crippen LogP contribution in [0.25, 0.3) is 0 Å². The van der Waals surface area contributed by atoms with Gasteiger partial charge in [0.05, 0.1) is 6.67 Å². The van der Waals surface area contributed by atoms with Gasteiger partial charge >= 0.3 is 0 Å². The Morgan fingerprint density at radius 3 is 2.64 bits per heavy atom. The third kappa shape index (κ3) is 3.45. The zero-order chi connectivity index (χ0) is 9.84. The molecule has 0 radical (unpaired) electrons. The van der Waals surface area contributed by atoms with Gasteiger partial charge in [0, 0.05) is 11.1 Å². The third-order valence-electron chi connectivity index (χ3n) is 2.04. The number of alkyl halides is 1. The molecule has 0 unspecified atom stereocenters. The van der Waals surface area contributed by atoms with Crippen molar-refractivity contribution in [2.24, 2.45) is 5.73 Å². The van der Waals surface area contributed by atoms with Crippen LogP contribution in [0.3, 0.4) is 0 Å². The minimum absolute atomic E-state index is 0. The minimum atomic E-state index is -0.396. The second-order valence-electron chi connectivity index (χ2n) is 3.09. The molecule has 0 heterocycles. The smallest absolute Gasteiger partial charge is 0.0912 e.